The molecular formula is C28H27Cl2N3O2S. The van der Waals surface area contributed by atoms with Gasteiger partial charge in [0.1, 0.15) is 17.8 Å². The molecule has 1 atom stereocenters. The van der Waals surface area contributed by atoms with Gasteiger partial charge in [-0.25, -0.2) is 4.98 Å². The van der Waals surface area contributed by atoms with Gasteiger partial charge in [0.2, 0.25) is 0 Å². The zero-order valence-electron chi connectivity index (χ0n) is 20.6. The van der Waals surface area contributed by atoms with Crippen LogP contribution in [0.2, 0.25) is 10.0 Å². The maximum absolute atomic E-state index is 13.2. The summed E-state index contributed by atoms with van der Waals surface area (Å²) in [6.07, 6.45) is 3.42. The van der Waals surface area contributed by atoms with Gasteiger partial charge in [-0.15, -0.1) is 0 Å². The summed E-state index contributed by atoms with van der Waals surface area (Å²) in [5.74, 6) is 0.349. The van der Waals surface area contributed by atoms with Gasteiger partial charge in [-0.05, 0) is 79.0 Å². The van der Waals surface area contributed by atoms with Gasteiger partial charge in [-0.2, -0.15) is 0 Å². The van der Waals surface area contributed by atoms with E-state index in [1.54, 1.807) is 35.6 Å². The summed E-state index contributed by atoms with van der Waals surface area (Å²) in [6, 6.07) is 19.1. The molecule has 1 heterocycles. The number of nitrogens with zero attached hydrogens (tertiary/aromatic N) is 3. The van der Waals surface area contributed by atoms with Crippen LogP contribution in [-0.2, 0) is 11.2 Å². The van der Waals surface area contributed by atoms with Crippen LogP contribution in [0.5, 0.6) is 0 Å². The molecule has 36 heavy (non-hydrogen) atoms. The van der Waals surface area contributed by atoms with Crippen molar-refractivity contribution < 1.29 is 9.35 Å². The lowest BCUT2D eigenvalue weighted by Gasteiger charge is -2.16. The Morgan fingerprint density at radius 3 is 2.25 bits per heavy atom. The standard InChI is InChI=1S/C28H27Cl2N3O2S/c1-5-32(6-2)28(34)24-17-33(27(31-24)26-22(29)11-8-12-23(26)30)25-14-13-20(15-18(25)3)19-9-7-10-21(16-19)36(4)35/h7-17H,5-6H2,1-4H3. The van der Waals surface area contributed by atoms with E-state index in [1.165, 1.54) is 0 Å². The van der Waals surface area contributed by atoms with Gasteiger partial charge >= 0.3 is 0 Å². The number of hydrogen-bond acceptors (Lipinski definition) is 3. The van der Waals surface area contributed by atoms with Gasteiger partial charge < -0.3 is 9.45 Å². The summed E-state index contributed by atoms with van der Waals surface area (Å²) in [7, 11) is 0. The Labute approximate surface area is 224 Å². The maximum atomic E-state index is 13.2. The lowest BCUT2D eigenvalue weighted by Crippen LogP contribution is -2.30. The first-order valence-corrected chi connectivity index (χ1v) is 13.9. The highest BCUT2D eigenvalue weighted by Gasteiger charge is 2.23. The highest BCUT2D eigenvalue weighted by molar-refractivity contribution is 7.90. The van der Waals surface area contributed by atoms with Crippen molar-refractivity contribution >= 4 is 40.3 Å². The predicted octanol–water partition coefficient (Wildman–Crippen LogP) is 7.04. The van der Waals surface area contributed by atoms with E-state index in [2.05, 4.69) is 6.07 Å². The van der Waals surface area contributed by atoms with E-state index in [0.29, 0.717) is 40.2 Å². The van der Waals surface area contributed by atoms with Crippen LogP contribution in [0.1, 0.15) is 29.9 Å². The lowest BCUT2D eigenvalue weighted by atomic mass is 10.0. The van der Waals surface area contributed by atoms with Crippen molar-refractivity contribution in [3.8, 4) is 28.2 Å². The van der Waals surface area contributed by atoms with E-state index >= 15 is 0 Å². The third-order valence-electron chi connectivity index (χ3n) is 6.12. The molecule has 0 radical (unpaired) electrons. The largest absolute Gasteiger partial charge is 0.612 e. The molecule has 8 heteroatoms. The number of aromatic nitrogens is 2. The Morgan fingerprint density at radius 2 is 1.64 bits per heavy atom. The average molecular weight is 541 g/mol. The summed E-state index contributed by atoms with van der Waals surface area (Å²) >= 11 is 12.1. The number of imidazole rings is 1. The van der Waals surface area contributed by atoms with Crippen molar-refractivity contribution in [1.82, 2.24) is 14.5 Å². The third-order valence-corrected chi connectivity index (χ3v) is 7.67. The number of benzene rings is 3. The zero-order chi connectivity index (χ0) is 26.0. The minimum atomic E-state index is -1.06. The van der Waals surface area contributed by atoms with Crippen LogP contribution in [0.3, 0.4) is 0 Å². The Hall–Kier alpha value is -2.77. The fourth-order valence-electron chi connectivity index (χ4n) is 4.19. The molecule has 3 aromatic carbocycles. The number of amides is 1. The zero-order valence-corrected chi connectivity index (χ0v) is 22.9. The number of aryl methyl sites for hydroxylation is 1. The second-order valence-electron chi connectivity index (χ2n) is 8.38. The molecule has 0 aliphatic rings. The van der Waals surface area contributed by atoms with Gasteiger partial charge in [0, 0.05) is 25.4 Å². The van der Waals surface area contributed by atoms with Crippen LogP contribution in [0, 0.1) is 6.92 Å². The first-order chi connectivity index (χ1) is 17.2. The summed E-state index contributed by atoms with van der Waals surface area (Å²) in [6.45, 7) is 7.05. The molecule has 1 aromatic heterocycles. The molecule has 0 saturated heterocycles. The smallest absolute Gasteiger partial charge is 0.274 e. The van der Waals surface area contributed by atoms with E-state index in [1.807, 2.05) is 61.7 Å². The molecule has 0 spiro atoms. The molecule has 1 amide bonds. The van der Waals surface area contributed by atoms with Crippen LogP contribution in [0.25, 0.3) is 28.2 Å². The van der Waals surface area contributed by atoms with Crippen molar-refractivity contribution in [2.24, 2.45) is 0 Å². The quantitative estimate of drug-likeness (QED) is 0.236. The fraction of sp³-hybridized carbons (Fsp3) is 0.214. The molecule has 186 valence electrons. The monoisotopic (exact) mass is 539 g/mol. The molecule has 0 aliphatic heterocycles. The van der Waals surface area contributed by atoms with Gasteiger partial charge in [0.25, 0.3) is 5.91 Å². The second kappa shape index (κ2) is 11.1. The Kier molecular flexibility index (Phi) is 8.10. The highest BCUT2D eigenvalue weighted by atomic mass is 35.5. The molecule has 4 aromatic rings. The van der Waals surface area contributed by atoms with Crippen molar-refractivity contribution in [1.29, 1.82) is 0 Å². The normalized spacial score (nSPS) is 12.0. The van der Waals surface area contributed by atoms with Crippen LogP contribution in [0.15, 0.2) is 71.8 Å². The van der Waals surface area contributed by atoms with Gasteiger partial charge in [0.15, 0.2) is 4.90 Å². The first-order valence-electron chi connectivity index (χ1n) is 11.6. The van der Waals surface area contributed by atoms with Crippen LogP contribution in [-0.4, -0.2) is 44.3 Å². The van der Waals surface area contributed by atoms with Crippen molar-refractivity contribution in [3.05, 3.63) is 88.2 Å². The predicted molar refractivity (Wildman–Crippen MR) is 149 cm³/mol. The van der Waals surface area contributed by atoms with Crippen LogP contribution in [0.4, 0.5) is 0 Å². The average Bonchev–Trinajstić information content (AvgIpc) is 3.29. The molecule has 0 N–H and O–H groups in total. The topological polar surface area (TPSA) is 61.2 Å². The van der Waals surface area contributed by atoms with Gasteiger partial charge in [0.05, 0.1) is 21.3 Å². The Bertz CT molecular complexity index is 1390. The number of halogens is 2. The Morgan fingerprint density at radius 1 is 1.00 bits per heavy atom. The fourth-order valence-corrected chi connectivity index (χ4v) is 5.32. The highest BCUT2D eigenvalue weighted by Crippen LogP contribution is 2.36. The summed E-state index contributed by atoms with van der Waals surface area (Å²) in [5, 5.41) is 0.907. The lowest BCUT2D eigenvalue weighted by molar-refractivity contribution is 0.0767. The molecule has 0 aliphatic carbocycles. The minimum Gasteiger partial charge on any atom is -0.612 e. The molecule has 1 unspecified atom stereocenters. The van der Waals surface area contributed by atoms with Crippen LogP contribution < -0.4 is 0 Å². The van der Waals surface area contributed by atoms with E-state index in [4.69, 9.17) is 28.2 Å². The van der Waals surface area contributed by atoms with E-state index < -0.39 is 11.2 Å². The molecular weight excluding hydrogens is 513 g/mol. The van der Waals surface area contributed by atoms with E-state index in [0.717, 1.165) is 27.3 Å². The first kappa shape index (κ1) is 26.3. The maximum Gasteiger partial charge on any atom is 0.274 e. The van der Waals surface area contributed by atoms with Gasteiger partial charge in [-0.3, -0.25) is 9.36 Å². The molecule has 5 nitrogen and oxygen atoms in total. The van der Waals surface area contributed by atoms with E-state index in [-0.39, 0.29) is 5.91 Å². The SMILES string of the molecule is CCN(CC)C(=O)c1cn(-c2ccc(-c3cccc([S+](C)[O-])c3)cc2C)c(-c2c(Cl)cccc2Cl)n1. The number of rotatable bonds is 7. The molecule has 0 saturated carbocycles. The third kappa shape index (κ3) is 5.18. The second-order valence-corrected chi connectivity index (χ2v) is 10.6. The Balaban J connectivity index is 1.87. The number of carbonyl (C=O) groups is 1. The summed E-state index contributed by atoms with van der Waals surface area (Å²) in [4.78, 5) is 20.4. The summed E-state index contributed by atoms with van der Waals surface area (Å²) in [5.41, 5.74) is 4.70. The van der Waals surface area contributed by atoms with Crippen molar-refractivity contribution in [2.75, 3.05) is 19.3 Å². The van der Waals surface area contributed by atoms with Gasteiger partial charge in [-0.1, -0.05) is 47.5 Å². The van der Waals surface area contributed by atoms with E-state index in [9.17, 15) is 9.35 Å². The minimum absolute atomic E-state index is 0.151. The van der Waals surface area contributed by atoms with Crippen molar-refractivity contribution in [3.63, 3.8) is 0 Å². The molecule has 4 rings (SSSR count). The van der Waals surface area contributed by atoms with Crippen LogP contribution >= 0.6 is 23.2 Å². The molecule has 0 bridgehead atoms. The summed E-state index contributed by atoms with van der Waals surface area (Å²) < 4.78 is 13.8. The number of carbonyl (C=O) groups excluding carboxylic acids is 1. The van der Waals surface area contributed by atoms with Crippen molar-refractivity contribution in [2.45, 2.75) is 25.7 Å². The molecule has 0 fully saturated rings. The number of hydrogen-bond donors (Lipinski definition) is 0.